The van der Waals surface area contributed by atoms with Gasteiger partial charge in [-0.05, 0) is 31.4 Å². The largest absolute Gasteiger partial charge is 0.280 e. The van der Waals surface area contributed by atoms with Crippen molar-refractivity contribution >= 4 is 33.4 Å². The molecule has 0 spiro atoms. The number of alkyl halides is 1. The highest BCUT2D eigenvalue weighted by Gasteiger charge is 2.28. The summed E-state index contributed by atoms with van der Waals surface area (Å²) >= 11 is 5.30. The van der Waals surface area contributed by atoms with E-state index in [1.165, 1.54) is 23.1 Å². The van der Waals surface area contributed by atoms with Gasteiger partial charge in [-0.3, -0.25) is 4.99 Å². The number of hydrogen-bond donors (Lipinski definition) is 0. The zero-order chi connectivity index (χ0) is 13.4. The lowest BCUT2D eigenvalue weighted by Gasteiger charge is -2.07. The molecule has 0 saturated carbocycles. The summed E-state index contributed by atoms with van der Waals surface area (Å²) in [6.45, 7) is 0. The number of aliphatic imine (C=N–C) groups is 1. The Morgan fingerprint density at radius 3 is 2.63 bits per heavy atom. The van der Waals surface area contributed by atoms with Gasteiger partial charge in [-0.2, -0.15) is 0 Å². The van der Waals surface area contributed by atoms with Crippen LogP contribution in [-0.4, -0.2) is 15.9 Å². The van der Waals surface area contributed by atoms with Crippen LogP contribution in [0.1, 0.15) is 24.8 Å². The van der Waals surface area contributed by atoms with Gasteiger partial charge in [0.15, 0.2) is 0 Å². The molecule has 3 rings (SSSR count). The zero-order valence-electron chi connectivity index (χ0n) is 10.1. The quantitative estimate of drug-likeness (QED) is 0.711. The molecule has 1 aromatic rings. The number of rotatable bonds is 2. The molecule has 2 heterocycles. The van der Waals surface area contributed by atoms with Crippen molar-refractivity contribution in [2.45, 2.75) is 29.5 Å². The van der Waals surface area contributed by atoms with Crippen LogP contribution >= 0.6 is 27.7 Å². The topological polar surface area (TPSA) is 12.4 Å². The highest BCUT2D eigenvalue weighted by atomic mass is 79.9. The summed E-state index contributed by atoms with van der Waals surface area (Å²) < 4.78 is 27.9. The average Bonchev–Trinajstić information content (AvgIpc) is 2.98. The van der Waals surface area contributed by atoms with Crippen LogP contribution in [0.25, 0.3) is 0 Å². The first-order chi connectivity index (χ1) is 9.15. The predicted molar refractivity (Wildman–Crippen MR) is 78.9 cm³/mol. The van der Waals surface area contributed by atoms with Crippen LogP contribution in [0.3, 0.4) is 0 Å². The van der Waals surface area contributed by atoms with E-state index >= 15 is 0 Å². The minimum absolute atomic E-state index is 0.0454. The number of halogens is 3. The van der Waals surface area contributed by atoms with Gasteiger partial charge in [0.25, 0.3) is 0 Å². The minimum atomic E-state index is -0.522. The molecule has 2 atom stereocenters. The first-order valence-corrected chi connectivity index (χ1v) is 7.96. The molecule has 1 aromatic carbocycles. The van der Waals surface area contributed by atoms with Crippen molar-refractivity contribution in [1.29, 1.82) is 0 Å². The van der Waals surface area contributed by atoms with Gasteiger partial charge >= 0.3 is 0 Å². The minimum Gasteiger partial charge on any atom is -0.280 e. The van der Waals surface area contributed by atoms with Gasteiger partial charge < -0.3 is 0 Å². The first kappa shape index (κ1) is 13.3. The highest BCUT2D eigenvalue weighted by Crippen LogP contribution is 2.41. The van der Waals surface area contributed by atoms with Crippen LogP contribution in [0.15, 0.2) is 34.2 Å². The molecular formula is C14H12BrF2NS. The summed E-state index contributed by atoms with van der Waals surface area (Å²) in [5.41, 5.74) is 0.601. The van der Waals surface area contributed by atoms with Crippen LogP contribution in [-0.2, 0) is 0 Å². The van der Waals surface area contributed by atoms with Crippen molar-refractivity contribution in [1.82, 2.24) is 0 Å². The van der Waals surface area contributed by atoms with E-state index in [-0.39, 0.29) is 11.6 Å². The Kier molecular flexibility index (Phi) is 3.76. The number of thioether (sulfide) groups is 1. The van der Waals surface area contributed by atoms with E-state index in [1.807, 2.05) is 0 Å². The van der Waals surface area contributed by atoms with Crippen molar-refractivity contribution in [2.24, 2.45) is 4.99 Å². The second-order valence-corrected chi connectivity index (χ2v) is 7.58. The van der Waals surface area contributed by atoms with Crippen LogP contribution in [0.2, 0.25) is 0 Å². The molecule has 0 N–H and O–H groups in total. The molecule has 1 nitrogen and oxygen atoms in total. The zero-order valence-corrected chi connectivity index (χ0v) is 12.5. The number of nitrogens with zero attached hydrogens (tertiary/aromatic N) is 1. The third-order valence-electron chi connectivity index (χ3n) is 3.31. The van der Waals surface area contributed by atoms with E-state index in [0.29, 0.717) is 16.3 Å². The molecule has 0 saturated heterocycles. The Morgan fingerprint density at radius 2 is 2.00 bits per heavy atom. The van der Waals surface area contributed by atoms with E-state index in [9.17, 15) is 8.78 Å². The fourth-order valence-electron chi connectivity index (χ4n) is 2.43. The van der Waals surface area contributed by atoms with Crippen molar-refractivity contribution in [3.8, 4) is 0 Å². The van der Waals surface area contributed by atoms with E-state index in [1.54, 1.807) is 11.8 Å². The van der Waals surface area contributed by atoms with Crippen LogP contribution < -0.4 is 0 Å². The Balaban J connectivity index is 1.87. The maximum atomic E-state index is 13.7. The van der Waals surface area contributed by atoms with Gasteiger partial charge in [0, 0.05) is 10.6 Å². The molecule has 19 heavy (non-hydrogen) atoms. The molecule has 5 heteroatoms. The van der Waals surface area contributed by atoms with Gasteiger partial charge in [-0.1, -0.05) is 28.1 Å². The summed E-state index contributed by atoms with van der Waals surface area (Å²) in [6.07, 6.45) is 4.61. The van der Waals surface area contributed by atoms with Crippen LogP contribution in [0.4, 0.5) is 8.78 Å². The normalized spacial score (nSPS) is 26.5. The lowest BCUT2D eigenvalue weighted by Crippen LogP contribution is -2.04. The third-order valence-corrected chi connectivity index (χ3v) is 5.41. The second-order valence-electron chi connectivity index (χ2n) is 4.60. The second kappa shape index (κ2) is 5.37. The van der Waals surface area contributed by atoms with Crippen molar-refractivity contribution in [3.63, 3.8) is 0 Å². The van der Waals surface area contributed by atoms with Gasteiger partial charge in [0.1, 0.15) is 11.6 Å². The molecule has 0 aromatic heterocycles. The van der Waals surface area contributed by atoms with Gasteiger partial charge in [0.2, 0.25) is 0 Å². The lowest BCUT2D eigenvalue weighted by atomic mass is 10.1. The number of hydrogen-bond acceptors (Lipinski definition) is 2. The van der Waals surface area contributed by atoms with Crippen LogP contribution in [0, 0.1) is 11.6 Å². The fourth-order valence-corrected chi connectivity index (χ4v) is 4.27. The smallest absolute Gasteiger partial charge is 0.135 e. The summed E-state index contributed by atoms with van der Waals surface area (Å²) in [6, 6.07) is 4.02. The Bertz CT molecular complexity index is 550. The number of benzene rings is 1. The molecule has 2 aliphatic rings. The molecule has 100 valence electrons. The summed E-state index contributed by atoms with van der Waals surface area (Å²) in [4.78, 5) is 5.74. The van der Waals surface area contributed by atoms with Crippen LogP contribution in [0.5, 0.6) is 0 Å². The maximum Gasteiger partial charge on any atom is 0.135 e. The Hall–Kier alpha value is -0.680. The molecular weight excluding hydrogens is 332 g/mol. The van der Waals surface area contributed by atoms with E-state index < -0.39 is 11.6 Å². The maximum absolute atomic E-state index is 13.7. The van der Waals surface area contributed by atoms with Crippen molar-refractivity contribution in [2.75, 3.05) is 0 Å². The fraction of sp³-hybridized carbons (Fsp3) is 0.357. The molecule has 2 aliphatic heterocycles. The predicted octanol–water partition coefficient (Wildman–Crippen LogP) is 4.66. The van der Waals surface area contributed by atoms with E-state index in [0.717, 1.165) is 12.8 Å². The molecule has 0 bridgehead atoms. The SMILES string of the molecule is Fc1cccc(F)c1C1=NC(C2=CCC(Br)S2)CC1. The highest BCUT2D eigenvalue weighted by molar-refractivity contribution is 9.11. The van der Waals surface area contributed by atoms with Crippen molar-refractivity contribution in [3.05, 3.63) is 46.4 Å². The summed E-state index contributed by atoms with van der Waals surface area (Å²) in [5, 5.41) is 0. The lowest BCUT2D eigenvalue weighted by molar-refractivity contribution is 0.578. The standard InChI is InChI=1S/C14H12BrF2NS/c15-13-7-6-12(19-13)10-4-5-11(18-10)14-8(16)2-1-3-9(14)17/h1-3,6,10,13H,4-5,7H2. The molecule has 0 fully saturated rings. The number of allylic oxidation sites excluding steroid dienone is 1. The van der Waals surface area contributed by atoms with Crippen molar-refractivity contribution < 1.29 is 8.78 Å². The molecule has 0 aliphatic carbocycles. The molecule has 0 amide bonds. The van der Waals surface area contributed by atoms with Gasteiger partial charge in [-0.15, -0.1) is 11.8 Å². The average molecular weight is 344 g/mol. The molecule has 2 unspecified atom stereocenters. The van der Waals surface area contributed by atoms with Gasteiger partial charge in [-0.25, -0.2) is 8.78 Å². The molecule has 0 radical (unpaired) electrons. The summed E-state index contributed by atoms with van der Waals surface area (Å²) in [7, 11) is 0. The first-order valence-electron chi connectivity index (χ1n) is 6.17. The summed E-state index contributed by atoms with van der Waals surface area (Å²) in [5.74, 6) is -1.04. The van der Waals surface area contributed by atoms with Gasteiger partial charge in [0.05, 0.1) is 15.8 Å². The Labute approximate surface area is 123 Å². The monoisotopic (exact) mass is 343 g/mol. The van der Waals surface area contributed by atoms with E-state index in [4.69, 9.17) is 0 Å². The third kappa shape index (κ3) is 2.63. The van der Waals surface area contributed by atoms with E-state index in [2.05, 4.69) is 27.0 Å². The Morgan fingerprint density at radius 1 is 1.26 bits per heavy atom.